The molecule has 0 aromatic heterocycles. The Kier molecular flexibility index (Phi) is 7.18. The Labute approximate surface area is 158 Å². The summed E-state index contributed by atoms with van der Waals surface area (Å²) in [5, 5.41) is 5.38. The van der Waals surface area contributed by atoms with Gasteiger partial charge in [0.25, 0.3) is 0 Å². The van der Waals surface area contributed by atoms with Gasteiger partial charge in [-0.3, -0.25) is 4.90 Å². The highest BCUT2D eigenvalue weighted by molar-refractivity contribution is 5.94. The molecule has 1 atom stereocenters. The largest absolute Gasteiger partial charge is 0.494 e. The third-order valence-electron chi connectivity index (χ3n) is 4.32. The van der Waals surface area contributed by atoms with Crippen molar-refractivity contribution in [2.45, 2.75) is 33.4 Å². The first-order valence-electron chi connectivity index (χ1n) is 8.92. The number of esters is 1. The van der Waals surface area contributed by atoms with Crippen LogP contribution in [0.25, 0.3) is 0 Å². The number of amides is 2. The molecular weight excluding hydrogens is 353 g/mol. The van der Waals surface area contributed by atoms with Gasteiger partial charge in [0.2, 0.25) is 0 Å². The van der Waals surface area contributed by atoms with Crippen molar-refractivity contribution in [1.29, 1.82) is 0 Å². The first kappa shape index (κ1) is 20.7. The number of nitrogens with zero attached hydrogens (tertiary/aromatic N) is 1. The Morgan fingerprint density at radius 2 is 2.04 bits per heavy atom. The van der Waals surface area contributed by atoms with Crippen LogP contribution in [0.4, 0.5) is 9.18 Å². The number of carbonyl (C=O) groups excluding carboxylic acids is 2. The summed E-state index contributed by atoms with van der Waals surface area (Å²) in [6, 6.07) is 3.97. The van der Waals surface area contributed by atoms with E-state index in [1.165, 1.54) is 13.2 Å². The van der Waals surface area contributed by atoms with E-state index in [0.29, 0.717) is 30.9 Å². The number of hydrogen-bond donors (Lipinski definition) is 2. The normalized spacial score (nSPS) is 16.8. The minimum absolute atomic E-state index is 0.188. The zero-order valence-corrected chi connectivity index (χ0v) is 16.1. The first-order chi connectivity index (χ1) is 12.9. The fourth-order valence-electron chi connectivity index (χ4n) is 2.97. The fraction of sp³-hybridized carbons (Fsp3) is 0.474. The molecular formula is C19H26FN3O4. The number of urea groups is 1. The highest BCUT2D eigenvalue weighted by Gasteiger charge is 2.30. The van der Waals surface area contributed by atoms with Crippen molar-refractivity contribution < 1.29 is 23.5 Å². The van der Waals surface area contributed by atoms with Crippen molar-refractivity contribution in [2.75, 3.05) is 26.8 Å². The number of likely N-dealkylation sites (N-methyl/N-ethyl adjacent to an activating group) is 1. The van der Waals surface area contributed by atoms with E-state index in [1.54, 1.807) is 26.0 Å². The number of nitrogens with one attached hydrogen (secondary N) is 2. The summed E-state index contributed by atoms with van der Waals surface area (Å²) in [5.41, 5.74) is 1.66. The van der Waals surface area contributed by atoms with Crippen molar-refractivity contribution >= 4 is 12.0 Å². The number of rotatable bonds is 8. The zero-order chi connectivity index (χ0) is 20.0. The zero-order valence-electron chi connectivity index (χ0n) is 16.1. The van der Waals surface area contributed by atoms with Crippen molar-refractivity contribution in [3.05, 3.63) is 40.8 Å². The van der Waals surface area contributed by atoms with Crippen LogP contribution >= 0.6 is 0 Å². The second kappa shape index (κ2) is 9.36. The lowest BCUT2D eigenvalue weighted by atomic mass is 10.0. The van der Waals surface area contributed by atoms with E-state index in [4.69, 9.17) is 9.47 Å². The standard InChI is InChI=1S/C19H26FN3O4/c1-5-23(10-13-7-8-16(26-4)14(20)9-13)11-15-17(18(24)27-6-2)12(3)21-19(25)22-15/h7-9,12H,5-6,10-11H2,1-4H3,(H2,21,22,25)/t12-/m1/s1. The molecule has 0 fully saturated rings. The molecule has 0 saturated heterocycles. The summed E-state index contributed by atoms with van der Waals surface area (Å²) in [7, 11) is 1.42. The van der Waals surface area contributed by atoms with Crippen LogP contribution in [-0.4, -0.2) is 49.7 Å². The van der Waals surface area contributed by atoms with Crippen molar-refractivity contribution in [3.8, 4) is 5.75 Å². The van der Waals surface area contributed by atoms with E-state index in [9.17, 15) is 14.0 Å². The minimum Gasteiger partial charge on any atom is -0.494 e. The number of hydrogen-bond acceptors (Lipinski definition) is 5. The summed E-state index contributed by atoms with van der Waals surface area (Å²) in [6.07, 6.45) is 0. The summed E-state index contributed by atoms with van der Waals surface area (Å²) in [4.78, 5) is 26.2. The topological polar surface area (TPSA) is 79.9 Å². The number of carbonyl (C=O) groups is 2. The van der Waals surface area contributed by atoms with E-state index in [0.717, 1.165) is 5.56 Å². The minimum atomic E-state index is -0.459. The summed E-state index contributed by atoms with van der Waals surface area (Å²) < 4.78 is 24.0. The lowest BCUT2D eigenvalue weighted by Crippen LogP contribution is -2.51. The molecule has 2 amide bonds. The van der Waals surface area contributed by atoms with Gasteiger partial charge in [0, 0.05) is 18.8 Å². The van der Waals surface area contributed by atoms with Crippen LogP contribution < -0.4 is 15.4 Å². The first-order valence-corrected chi connectivity index (χ1v) is 8.92. The van der Waals surface area contributed by atoms with Crippen molar-refractivity contribution in [1.82, 2.24) is 15.5 Å². The smallest absolute Gasteiger partial charge is 0.337 e. The van der Waals surface area contributed by atoms with Crippen LogP contribution in [0.2, 0.25) is 0 Å². The molecule has 1 aliphatic rings. The van der Waals surface area contributed by atoms with Gasteiger partial charge in [-0.15, -0.1) is 0 Å². The van der Waals surface area contributed by atoms with Gasteiger partial charge in [-0.05, 0) is 38.1 Å². The SMILES string of the molecule is CCOC(=O)C1=C(CN(CC)Cc2ccc(OC)c(F)c2)NC(=O)N[C@@H]1C. The lowest BCUT2D eigenvalue weighted by molar-refractivity contribution is -0.139. The second-order valence-corrected chi connectivity index (χ2v) is 6.21. The van der Waals surface area contributed by atoms with Crippen LogP contribution in [0, 0.1) is 5.82 Å². The fourth-order valence-corrected chi connectivity index (χ4v) is 2.97. The van der Waals surface area contributed by atoms with Crippen LogP contribution in [0.15, 0.2) is 29.5 Å². The molecule has 8 heteroatoms. The van der Waals surface area contributed by atoms with E-state index >= 15 is 0 Å². The van der Waals surface area contributed by atoms with Crippen LogP contribution in [0.5, 0.6) is 5.75 Å². The maximum absolute atomic E-state index is 13.9. The molecule has 1 aliphatic heterocycles. The summed E-state index contributed by atoms with van der Waals surface area (Å²) >= 11 is 0. The molecule has 148 valence electrons. The third-order valence-corrected chi connectivity index (χ3v) is 4.32. The van der Waals surface area contributed by atoms with Gasteiger partial charge in [0.05, 0.1) is 25.3 Å². The lowest BCUT2D eigenvalue weighted by Gasteiger charge is -2.30. The van der Waals surface area contributed by atoms with E-state index < -0.39 is 17.8 Å². The van der Waals surface area contributed by atoms with Gasteiger partial charge in [0.1, 0.15) is 0 Å². The van der Waals surface area contributed by atoms with E-state index in [-0.39, 0.29) is 18.4 Å². The maximum Gasteiger partial charge on any atom is 0.337 e. The van der Waals surface area contributed by atoms with Gasteiger partial charge in [-0.25, -0.2) is 14.0 Å². The molecule has 0 unspecified atom stereocenters. The Bertz CT molecular complexity index is 736. The predicted octanol–water partition coefficient (Wildman–Crippen LogP) is 2.17. The molecule has 1 aromatic rings. The molecule has 27 heavy (non-hydrogen) atoms. The molecule has 2 N–H and O–H groups in total. The monoisotopic (exact) mass is 379 g/mol. The quantitative estimate of drug-likeness (QED) is 0.677. The Morgan fingerprint density at radius 1 is 1.30 bits per heavy atom. The molecule has 7 nitrogen and oxygen atoms in total. The number of ether oxygens (including phenoxy) is 2. The van der Waals surface area contributed by atoms with E-state index in [2.05, 4.69) is 10.6 Å². The van der Waals surface area contributed by atoms with Crippen molar-refractivity contribution in [2.24, 2.45) is 0 Å². The van der Waals surface area contributed by atoms with Crippen molar-refractivity contribution in [3.63, 3.8) is 0 Å². The van der Waals surface area contributed by atoms with Gasteiger partial charge >= 0.3 is 12.0 Å². The predicted molar refractivity (Wildman–Crippen MR) is 98.7 cm³/mol. The summed E-state index contributed by atoms with van der Waals surface area (Å²) in [5.74, 6) is -0.700. The molecule has 1 heterocycles. The second-order valence-electron chi connectivity index (χ2n) is 6.21. The molecule has 0 spiro atoms. The Balaban J connectivity index is 2.23. The Hall–Kier alpha value is -2.61. The average Bonchev–Trinajstić information content (AvgIpc) is 2.61. The molecule has 0 saturated carbocycles. The molecule has 0 radical (unpaired) electrons. The van der Waals surface area contributed by atoms with Gasteiger partial charge in [-0.2, -0.15) is 0 Å². The van der Waals surface area contributed by atoms with E-state index in [1.807, 2.05) is 11.8 Å². The third kappa shape index (κ3) is 5.19. The van der Waals surface area contributed by atoms with Crippen LogP contribution in [0.1, 0.15) is 26.3 Å². The van der Waals surface area contributed by atoms with Gasteiger partial charge in [-0.1, -0.05) is 13.0 Å². The highest BCUT2D eigenvalue weighted by Crippen LogP contribution is 2.20. The van der Waals surface area contributed by atoms with Crippen LogP contribution in [-0.2, 0) is 16.1 Å². The molecule has 1 aromatic carbocycles. The highest BCUT2D eigenvalue weighted by atomic mass is 19.1. The van der Waals surface area contributed by atoms with Crippen LogP contribution in [0.3, 0.4) is 0 Å². The van der Waals surface area contributed by atoms with Gasteiger partial charge < -0.3 is 20.1 Å². The van der Waals surface area contributed by atoms with Gasteiger partial charge in [0.15, 0.2) is 11.6 Å². The molecule has 0 bridgehead atoms. The molecule has 2 rings (SSSR count). The number of halogens is 1. The number of methoxy groups -OCH3 is 1. The molecule has 0 aliphatic carbocycles. The Morgan fingerprint density at radius 3 is 2.63 bits per heavy atom. The average molecular weight is 379 g/mol. The summed E-state index contributed by atoms with van der Waals surface area (Å²) in [6.45, 7) is 7.10. The maximum atomic E-state index is 13.9. The number of benzene rings is 1.